The lowest BCUT2D eigenvalue weighted by atomic mass is 10.0. The van der Waals surface area contributed by atoms with E-state index in [4.69, 9.17) is 0 Å². The van der Waals surface area contributed by atoms with Crippen LogP contribution >= 0.6 is 0 Å². The summed E-state index contributed by atoms with van der Waals surface area (Å²) in [6.07, 6.45) is 3.10. The number of benzene rings is 3. The number of rotatable bonds is 4. The average molecular weight is 394 g/mol. The first kappa shape index (κ1) is 20.4. The molecule has 0 fully saturated rings. The van der Waals surface area contributed by atoms with Gasteiger partial charge < -0.3 is 0 Å². The topological polar surface area (TPSA) is 0 Å². The van der Waals surface area contributed by atoms with Crippen molar-refractivity contribution in [3.05, 3.63) is 101 Å². The van der Waals surface area contributed by atoms with Crippen molar-refractivity contribution in [3.8, 4) is 23.0 Å². The fourth-order valence-corrected chi connectivity index (χ4v) is 2.99. The second-order valence-corrected chi connectivity index (χ2v) is 6.54. The molecule has 0 unspecified atom stereocenters. The molecule has 0 heterocycles. The highest BCUT2D eigenvalue weighted by atomic mass is 19.1. The Kier molecular flexibility index (Phi) is 6.51. The Balaban J connectivity index is 1.87. The number of aryl methyl sites for hydroxylation is 1. The van der Waals surface area contributed by atoms with Gasteiger partial charge in [0.15, 0.2) is 0 Å². The van der Waals surface area contributed by atoms with Gasteiger partial charge in [0, 0.05) is 11.1 Å². The van der Waals surface area contributed by atoms with Crippen LogP contribution in [0.2, 0.25) is 0 Å². The van der Waals surface area contributed by atoms with Gasteiger partial charge in [-0.2, -0.15) is 0 Å². The average Bonchev–Trinajstić information content (AvgIpc) is 2.69. The molecule has 0 amide bonds. The summed E-state index contributed by atoms with van der Waals surface area (Å²) in [6.45, 7) is 1.93. The van der Waals surface area contributed by atoms with Crippen LogP contribution in [0.25, 0.3) is 17.2 Å². The van der Waals surface area contributed by atoms with Gasteiger partial charge in [-0.15, -0.1) is 0 Å². The molecule has 0 nitrogen and oxygen atoms in total. The molecule has 0 spiro atoms. The van der Waals surface area contributed by atoms with E-state index in [9.17, 15) is 17.6 Å². The summed E-state index contributed by atoms with van der Waals surface area (Å²) < 4.78 is 55.0. The van der Waals surface area contributed by atoms with Gasteiger partial charge in [0.25, 0.3) is 0 Å². The highest BCUT2D eigenvalue weighted by Gasteiger charge is 2.09. The summed E-state index contributed by atoms with van der Waals surface area (Å²) >= 11 is 0. The molecule has 0 N–H and O–H groups in total. The van der Waals surface area contributed by atoms with Gasteiger partial charge in [-0.25, -0.2) is 17.6 Å². The molecule has 3 rings (SSSR count). The number of hydrogen-bond acceptors (Lipinski definition) is 0. The van der Waals surface area contributed by atoms with E-state index in [1.165, 1.54) is 24.3 Å². The van der Waals surface area contributed by atoms with Crippen LogP contribution in [0.5, 0.6) is 0 Å². The van der Waals surface area contributed by atoms with Crippen LogP contribution in [0.15, 0.2) is 60.9 Å². The lowest BCUT2D eigenvalue weighted by Gasteiger charge is -2.05. The van der Waals surface area contributed by atoms with Crippen LogP contribution in [0.3, 0.4) is 0 Å². The predicted octanol–water partition coefficient (Wildman–Crippen LogP) is 7.06. The van der Waals surface area contributed by atoms with Gasteiger partial charge in [-0.05, 0) is 53.5 Å². The van der Waals surface area contributed by atoms with Crippen molar-refractivity contribution in [2.45, 2.75) is 19.8 Å². The summed E-state index contributed by atoms with van der Waals surface area (Å²) in [5, 5.41) is 0. The third-order valence-electron chi connectivity index (χ3n) is 4.42. The Morgan fingerprint density at radius 2 is 1.52 bits per heavy atom. The zero-order chi connectivity index (χ0) is 20.8. The maximum atomic E-state index is 14.5. The van der Waals surface area contributed by atoms with Crippen molar-refractivity contribution in [1.82, 2.24) is 0 Å². The van der Waals surface area contributed by atoms with Crippen molar-refractivity contribution in [3.63, 3.8) is 0 Å². The molecular formula is C25H18F4. The molecule has 0 bridgehead atoms. The minimum absolute atomic E-state index is 0.305. The van der Waals surface area contributed by atoms with E-state index in [2.05, 4.69) is 11.8 Å². The Morgan fingerprint density at radius 3 is 2.10 bits per heavy atom. The predicted molar refractivity (Wildman–Crippen MR) is 108 cm³/mol. The van der Waals surface area contributed by atoms with Crippen molar-refractivity contribution >= 4 is 6.08 Å². The molecule has 0 aliphatic carbocycles. The number of hydrogen-bond donors (Lipinski definition) is 0. The molecule has 0 radical (unpaired) electrons. The van der Waals surface area contributed by atoms with Gasteiger partial charge in [-0.3, -0.25) is 0 Å². The van der Waals surface area contributed by atoms with Crippen molar-refractivity contribution in [2.75, 3.05) is 0 Å². The fourth-order valence-electron chi connectivity index (χ4n) is 2.99. The van der Waals surface area contributed by atoms with Crippen LogP contribution in [0, 0.1) is 29.3 Å². The summed E-state index contributed by atoms with van der Waals surface area (Å²) in [4.78, 5) is 0. The molecule has 0 saturated carbocycles. The van der Waals surface area contributed by atoms with Gasteiger partial charge in [0.2, 0.25) is 0 Å². The van der Waals surface area contributed by atoms with Crippen LogP contribution in [-0.4, -0.2) is 0 Å². The molecule has 0 atom stereocenters. The van der Waals surface area contributed by atoms with Crippen molar-refractivity contribution in [2.24, 2.45) is 0 Å². The van der Waals surface area contributed by atoms with Gasteiger partial charge in [0.05, 0.1) is 11.9 Å². The molecule has 29 heavy (non-hydrogen) atoms. The Labute approximate surface area is 167 Å². The first-order valence-electron chi connectivity index (χ1n) is 9.18. The van der Waals surface area contributed by atoms with Crippen LogP contribution in [-0.2, 0) is 6.42 Å². The Morgan fingerprint density at radius 1 is 0.828 bits per heavy atom. The zero-order valence-electron chi connectivity index (χ0n) is 15.8. The lowest BCUT2D eigenvalue weighted by molar-refractivity contribution is 0.573. The highest BCUT2D eigenvalue weighted by Crippen LogP contribution is 2.24. The number of halogens is 4. The largest absolute Gasteiger partial charge is 0.216 e. The van der Waals surface area contributed by atoms with E-state index >= 15 is 0 Å². The summed E-state index contributed by atoms with van der Waals surface area (Å²) in [7, 11) is 0. The van der Waals surface area contributed by atoms with Gasteiger partial charge in [0.1, 0.15) is 17.5 Å². The van der Waals surface area contributed by atoms with Gasteiger partial charge in [-0.1, -0.05) is 55.5 Å². The van der Waals surface area contributed by atoms with E-state index < -0.39 is 17.5 Å². The SMILES string of the molecule is CCCc1cc(F)c(C#Cc2ccc(-c3ccc(C=CF)cc3)c(F)c2)c(F)c1. The second-order valence-electron chi connectivity index (χ2n) is 6.54. The molecule has 3 aromatic rings. The minimum Gasteiger partial charge on any atom is -0.216 e. The van der Waals surface area contributed by atoms with E-state index in [1.807, 2.05) is 6.92 Å². The van der Waals surface area contributed by atoms with Crippen LogP contribution < -0.4 is 0 Å². The zero-order valence-corrected chi connectivity index (χ0v) is 15.8. The maximum Gasteiger partial charge on any atom is 0.142 e. The van der Waals surface area contributed by atoms with Crippen LogP contribution in [0.4, 0.5) is 17.6 Å². The Bertz CT molecular complexity index is 1080. The standard InChI is InChI=1S/C25H18F4/c1-2-3-19-15-24(28)22(25(29)16-19)11-7-18-6-10-21(23(27)14-18)20-8-4-17(5-9-20)12-13-26/h4-6,8-10,12-16H,2-3H2,1H3. The third kappa shape index (κ3) is 4.94. The van der Waals surface area contributed by atoms with Crippen LogP contribution in [0.1, 0.15) is 35.6 Å². The first-order valence-corrected chi connectivity index (χ1v) is 9.18. The summed E-state index contributed by atoms with van der Waals surface area (Å²) in [6, 6.07) is 13.6. The van der Waals surface area contributed by atoms with E-state index in [-0.39, 0.29) is 5.56 Å². The van der Waals surface area contributed by atoms with E-state index in [1.54, 1.807) is 36.4 Å². The smallest absolute Gasteiger partial charge is 0.142 e. The summed E-state index contributed by atoms with van der Waals surface area (Å²) in [5.74, 6) is 3.13. The van der Waals surface area contributed by atoms with Crippen molar-refractivity contribution < 1.29 is 17.6 Å². The molecule has 0 saturated heterocycles. The molecule has 0 aromatic heterocycles. The van der Waals surface area contributed by atoms with E-state index in [0.29, 0.717) is 40.6 Å². The maximum absolute atomic E-state index is 14.5. The molecular weight excluding hydrogens is 376 g/mol. The van der Waals surface area contributed by atoms with Crippen molar-refractivity contribution in [1.29, 1.82) is 0 Å². The highest BCUT2D eigenvalue weighted by molar-refractivity contribution is 5.67. The third-order valence-corrected chi connectivity index (χ3v) is 4.42. The van der Waals surface area contributed by atoms with E-state index in [0.717, 1.165) is 6.42 Å². The monoisotopic (exact) mass is 394 g/mol. The molecule has 4 heteroatoms. The quantitative estimate of drug-likeness (QED) is 0.328. The fraction of sp³-hybridized carbons (Fsp3) is 0.120. The van der Waals surface area contributed by atoms with Gasteiger partial charge >= 0.3 is 0 Å². The minimum atomic E-state index is -0.722. The normalized spacial score (nSPS) is 10.8. The summed E-state index contributed by atoms with van der Waals surface area (Å²) in [5.41, 5.74) is 2.20. The lowest BCUT2D eigenvalue weighted by Crippen LogP contribution is -1.95. The molecule has 0 aliphatic rings. The first-order chi connectivity index (χ1) is 14.0. The molecule has 0 aliphatic heterocycles. The molecule has 146 valence electrons. The second kappa shape index (κ2) is 9.25. The Hall–Kier alpha value is -3.32. The molecule has 3 aromatic carbocycles.